The highest BCUT2D eigenvalue weighted by atomic mass is 32.2. The first-order valence-corrected chi connectivity index (χ1v) is 8.07. The van der Waals surface area contributed by atoms with Crippen molar-refractivity contribution in [3.8, 4) is 0 Å². The third-order valence-corrected chi connectivity index (χ3v) is 4.46. The van der Waals surface area contributed by atoms with E-state index < -0.39 is 21.8 Å². The molecule has 0 heterocycles. The fraction of sp³-hybridized carbons (Fsp3) is 0.133. The number of benzene rings is 2. The van der Waals surface area contributed by atoms with Crippen molar-refractivity contribution in [2.24, 2.45) is 4.36 Å². The molecule has 22 heavy (non-hydrogen) atoms. The minimum atomic E-state index is -3.28. The maximum absolute atomic E-state index is 13.1. The molecule has 0 bridgehead atoms. The van der Waals surface area contributed by atoms with Crippen molar-refractivity contribution >= 4 is 21.7 Å². The molecule has 0 saturated carbocycles. The Balaban J connectivity index is 2.44. The monoisotopic (exact) mass is 322 g/mol. The van der Waals surface area contributed by atoms with Gasteiger partial charge in [-0.1, -0.05) is 18.2 Å². The van der Waals surface area contributed by atoms with Crippen LogP contribution in [-0.4, -0.2) is 16.9 Å². The van der Waals surface area contributed by atoms with Crippen LogP contribution in [0, 0.1) is 5.82 Å². The molecule has 2 aromatic rings. The van der Waals surface area contributed by atoms with Gasteiger partial charge in [-0.3, -0.25) is 4.72 Å². The number of carbonyl (C=O) groups excluding carboxylic acids is 1. The predicted octanol–water partition coefficient (Wildman–Crippen LogP) is 3.84. The summed E-state index contributed by atoms with van der Waals surface area (Å²) in [6, 6.07) is 13.6. The lowest BCUT2D eigenvalue weighted by atomic mass is 10.3. The Morgan fingerprint density at radius 2 is 1.82 bits per heavy atom. The number of halogens is 1. The molecule has 1 atom stereocenters. The summed E-state index contributed by atoms with van der Waals surface area (Å²) in [6.45, 7) is 1.76. The molecule has 0 spiro atoms. The van der Waals surface area contributed by atoms with E-state index in [1.165, 1.54) is 24.3 Å². The fourth-order valence-corrected chi connectivity index (χ4v) is 3.19. The summed E-state index contributed by atoms with van der Waals surface area (Å²) < 4.78 is 37.1. The van der Waals surface area contributed by atoms with E-state index in [1.54, 1.807) is 37.3 Å². The number of amides is 1. The molecule has 0 aliphatic rings. The van der Waals surface area contributed by atoms with E-state index in [0.717, 1.165) is 0 Å². The molecule has 0 aromatic heterocycles. The van der Waals surface area contributed by atoms with Crippen molar-refractivity contribution in [3.63, 3.8) is 0 Å². The van der Waals surface area contributed by atoms with Crippen LogP contribution < -0.4 is 4.72 Å². The zero-order valence-corrected chi connectivity index (χ0v) is 12.7. The first kappa shape index (κ1) is 16.0. The molecule has 2 rings (SSSR count). The van der Waals surface area contributed by atoms with Crippen molar-refractivity contribution in [2.45, 2.75) is 11.8 Å². The van der Waals surface area contributed by atoms with Crippen molar-refractivity contribution < 1.29 is 18.1 Å². The summed E-state index contributed by atoms with van der Waals surface area (Å²) in [5.41, 5.74) is 0.378. The topological polar surface area (TPSA) is 67.8 Å². The first-order valence-electron chi connectivity index (χ1n) is 6.56. The largest absolute Gasteiger partial charge is 0.448 e. The molecule has 2 aromatic carbocycles. The molecule has 1 N–H and O–H groups in total. The van der Waals surface area contributed by atoms with Crippen LogP contribution in [0.1, 0.15) is 6.92 Å². The van der Waals surface area contributed by atoms with Gasteiger partial charge in [0.1, 0.15) is 5.82 Å². The van der Waals surface area contributed by atoms with Crippen molar-refractivity contribution in [3.05, 3.63) is 60.4 Å². The lowest BCUT2D eigenvalue weighted by Gasteiger charge is -2.13. The second kappa shape index (κ2) is 7.04. The molecule has 0 aliphatic carbocycles. The average molecular weight is 322 g/mol. The van der Waals surface area contributed by atoms with E-state index in [9.17, 15) is 13.4 Å². The molecule has 1 amide bonds. The van der Waals surface area contributed by atoms with E-state index in [-0.39, 0.29) is 6.61 Å². The lowest BCUT2D eigenvalue weighted by Crippen LogP contribution is -2.15. The van der Waals surface area contributed by atoms with Crippen LogP contribution in [-0.2, 0) is 14.7 Å². The van der Waals surface area contributed by atoms with Crippen molar-refractivity contribution in [1.82, 2.24) is 0 Å². The zero-order valence-electron chi connectivity index (χ0n) is 11.9. The zero-order chi connectivity index (χ0) is 16.0. The second-order valence-corrected chi connectivity index (χ2v) is 6.15. The molecule has 1 unspecified atom stereocenters. The number of rotatable bonds is 4. The van der Waals surface area contributed by atoms with Gasteiger partial charge in [-0.05, 0) is 43.3 Å². The number of hydrogen-bond donors (Lipinski definition) is 1. The molecule has 116 valence electrons. The highest BCUT2D eigenvalue weighted by Crippen LogP contribution is 2.18. The van der Waals surface area contributed by atoms with Gasteiger partial charge >= 0.3 is 6.09 Å². The Bertz CT molecular complexity index is 754. The van der Waals surface area contributed by atoms with Crippen LogP contribution in [0.3, 0.4) is 0 Å². The van der Waals surface area contributed by atoms with Gasteiger partial charge in [-0.2, -0.15) is 0 Å². The lowest BCUT2D eigenvalue weighted by molar-refractivity contribution is 0.164. The number of carbonyl (C=O) groups is 1. The quantitative estimate of drug-likeness (QED) is 0.930. The summed E-state index contributed by atoms with van der Waals surface area (Å²) in [4.78, 5) is 11.9. The van der Waals surface area contributed by atoms with Gasteiger partial charge in [0.25, 0.3) is 0 Å². The smallest absolute Gasteiger partial charge is 0.443 e. The van der Waals surface area contributed by atoms with Gasteiger partial charge in [0.05, 0.1) is 11.5 Å². The predicted molar refractivity (Wildman–Crippen MR) is 82.3 cm³/mol. The Hall–Kier alpha value is -2.41. The average Bonchev–Trinajstić information content (AvgIpc) is 2.51. The van der Waals surface area contributed by atoms with Crippen molar-refractivity contribution in [1.29, 1.82) is 0 Å². The molecule has 5 nitrogen and oxygen atoms in total. The third kappa shape index (κ3) is 4.05. The minimum absolute atomic E-state index is 0.128. The summed E-state index contributed by atoms with van der Waals surface area (Å²) in [5.74, 6) is -0.418. The fourth-order valence-electron chi connectivity index (χ4n) is 1.67. The van der Waals surface area contributed by atoms with Crippen LogP contribution in [0.4, 0.5) is 14.9 Å². The van der Waals surface area contributed by atoms with Gasteiger partial charge in [-0.25, -0.2) is 13.4 Å². The van der Waals surface area contributed by atoms with Gasteiger partial charge in [0.15, 0.2) is 9.92 Å². The van der Waals surface area contributed by atoms with E-state index in [1.807, 2.05) is 0 Å². The SMILES string of the molecule is CCOC(=O)N=S(=O)(Nc1ccc(F)cc1)c1ccccc1. The van der Waals surface area contributed by atoms with Gasteiger partial charge in [0.2, 0.25) is 0 Å². The standard InChI is InChI=1S/C15H15FN2O3S/c1-2-21-15(19)18-22(20,14-6-4-3-5-7-14)17-13-10-8-12(16)9-11-13/h3-11H,2H2,1H3,(H,17,18,19,20). The maximum Gasteiger partial charge on any atom is 0.443 e. The maximum atomic E-state index is 13.1. The summed E-state index contributed by atoms with van der Waals surface area (Å²) >= 11 is 0. The van der Waals surface area contributed by atoms with E-state index in [2.05, 4.69) is 9.08 Å². The van der Waals surface area contributed by atoms with Crippen molar-refractivity contribution in [2.75, 3.05) is 11.3 Å². The summed E-state index contributed by atoms with van der Waals surface area (Å²) in [5, 5.41) is 0. The van der Waals surface area contributed by atoms with Crippen LogP contribution in [0.25, 0.3) is 0 Å². The van der Waals surface area contributed by atoms with Gasteiger partial charge in [-0.15, -0.1) is 4.36 Å². The highest BCUT2D eigenvalue weighted by Gasteiger charge is 2.15. The highest BCUT2D eigenvalue weighted by molar-refractivity contribution is 7.95. The molecule has 7 heteroatoms. The molecule has 0 aliphatic heterocycles. The second-order valence-electron chi connectivity index (χ2n) is 4.24. The number of nitrogens with one attached hydrogen (secondary N) is 1. The Morgan fingerprint density at radius 3 is 2.41 bits per heavy atom. The first-order chi connectivity index (χ1) is 10.5. The van der Waals surface area contributed by atoms with Crippen LogP contribution in [0.15, 0.2) is 63.9 Å². The van der Waals surface area contributed by atoms with Gasteiger partial charge < -0.3 is 4.74 Å². The Kier molecular flexibility index (Phi) is 5.11. The summed E-state index contributed by atoms with van der Waals surface area (Å²) in [6.07, 6.45) is -0.925. The normalized spacial score (nSPS) is 13.0. The Morgan fingerprint density at radius 1 is 1.18 bits per heavy atom. The molecule has 0 radical (unpaired) electrons. The third-order valence-electron chi connectivity index (χ3n) is 2.63. The molecular formula is C15H15FN2O3S. The molecule has 0 fully saturated rings. The summed E-state index contributed by atoms with van der Waals surface area (Å²) in [7, 11) is -3.28. The van der Waals surface area contributed by atoms with Crippen LogP contribution >= 0.6 is 0 Å². The minimum Gasteiger partial charge on any atom is -0.448 e. The number of ether oxygens (including phenoxy) is 1. The van der Waals surface area contributed by atoms with Gasteiger partial charge in [0, 0.05) is 5.69 Å². The Labute approximate surface area is 128 Å². The van der Waals surface area contributed by atoms with Crippen LogP contribution in [0.2, 0.25) is 0 Å². The van der Waals surface area contributed by atoms with Crippen LogP contribution in [0.5, 0.6) is 0 Å². The van der Waals surface area contributed by atoms with E-state index in [4.69, 9.17) is 4.74 Å². The number of nitrogens with zero attached hydrogens (tertiary/aromatic N) is 1. The molecule has 0 saturated heterocycles. The van der Waals surface area contributed by atoms with E-state index in [0.29, 0.717) is 10.6 Å². The van der Waals surface area contributed by atoms with E-state index >= 15 is 0 Å². The number of hydrogen-bond acceptors (Lipinski definition) is 3. The number of anilines is 1. The molecular weight excluding hydrogens is 307 g/mol.